The third kappa shape index (κ3) is 13.6. The molecule has 0 N–H and O–H groups in total. The van der Waals surface area contributed by atoms with E-state index in [9.17, 15) is 0 Å². The van der Waals surface area contributed by atoms with Gasteiger partial charge < -0.3 is 9.90 Å². The molecule has 0 atom stereocenters. The third-order valence-electron chi connectivity index (χ3n) is 3.55. The van der Waals surface area contributed by atoms with Gasteiger partial charge in [0, 0.05) is 24.5 Å². The summed E-state index contributed by atoms with van der Waals surface area (Å²) >= 11 is 0. The van der Waals surface area contributed by atoms with Crippen LogP contribution >= 0.6 is 0 Å². The van der Waals surface area contributed by atoms with Crippen molar-refractivity contribution in [3.8, 4) is 0 Å². The van der Waals surface area contributed by atoms with Crippen molar-refractivity contribution in [2.75, 3.05) is 0 Å². The first kappa shape index (κ1) is 20.6. The Bertz CT molecular complexity index is 370. The first-order valence-corrected chi connectivity index (χ1v) is 8.75. The molecule has 0 aliphatic rings. The molecule has 0 radical (unpaired) electrons. The lowest BCUT2D eigenvalue weighted by Gasteiger charge is -2.01. The molecule has 1 aromatic rings. The molecule has 3 heteroatoms. The Morgan fingerprint density at radius 3 is 2.00 bits per heavy atom. The fourth-order valence-electron chi connectivity index (χ4n) is 2.26. The molecular weight excluding hydrogens is 274 g/mol. The van der Waals surface area contributed by atoms with Gasteiger partial charge in [-0.2, -0.15) is 0 Å². The van der Waals surface area contributed by atoms with Crippen LogP contribution in [0.15, 0.2) is 24.5 Å². The second-order valence-corrected chi connectivity index (χ2v) is 5.81. The third-order valence-corrected chi connectivity index (χ3v) is 3.55. The number of rotatable bonds is 10. The Hall–Kier alpha value is -1.38. The van der Waals surface area contributed by atoms with E-state index in [1.54, 1.807) is 0 Å². The second kappa shape index (κ2) is 14.6. The Kier molecular flexibility index (Phi) is 13.6. The van der Waals surface area contributed by atoms with Crippen LogP contribution in [0.4, 0.5) is 0 Å². The van der Waals surface area contributed by atoms with Gasteiger partial charge in [-0.1, -0.05) is 46.0 Å². The average Bonchev–Trinajstić information content (AvgIpc) is 2.49. The highest BCUT2D eigenvalue weighted by Gasteiger charge is 2.00. The van der Waals surface area contributed by atoms with Crippen molar-refractivity contribution in [1.82, 2.24) is 0 Å². The maximum Gasteiger partial charge on any atom is 0.169 e. The number of carbonyl (C=O) groups is 1. The minimum absolute atomic E-state index is 0.972. The fraction of sp³-hybridized carbons (Fsp3) is 0.684. The average molecular weight is 307 g/mol. The van der Waals surface area contributed by atoms with Crippen molar-refractivity contribution < 1.29 is 14.5 Å². The van der Waals surface area contributed by atoms with Crippen LogP contribution in [0.1, 0.15) is 77.7 Å². The van der Waals surface area contributed by atoms with E-state index in [4.69, 9.17) is 9.90 Å². The predicted octanol–water partition coefficient (Wildman–Crippen LogP) is 3.43. The van der Waals surface area contributed by atoms with E-state index in [1.807, 2.05) is 0 Å². The number of nitrogens with zero attached hydrogens (tertiary/aromatic N) is 1. The van der Waals surface area contributed by atoms with Gasteiger partial charge in [0.05, 0.1) is 0 Å². The Labute approximate surface area is 136 Å². The number of aromatic nitrogens is 1. The van der Waals surface area contributed by atoms with E-state index < -0.39 is 5.97 Å². The number of hydrogen-bond acceptors (Lipinski definition) is 2. The largest absolute Gasteiger partial charge is 0.550 e. The van der Waals surface area contributed by atoms with Crippen LogP contribution < -0.4 is 9.67 Å². The zero-order valence-electron chi connectivity index (χ0n) is 14.6. The molecular formula is C19H33NO2. The Balaban J connectivity index is 0.000000980. The summed E-state index contributed by atoms with van der Waals surface area (Å²) in [5.74, 6) is -1.08. The zero-order valence-corrected chi connectivity index (χ0v) is 14.6. The maximum atomic E-state index is 8.89. The lowest BCUT2D eigenvalue weighted by Crippen LogP contribution is -2.32. The smallest absolute Gasteiger partial charge is 0.169 e. The van der Waals surface area contributed by atoms with Crippen LogP contribution in [-0.2, 0) is 17.8 Å². The maximum absolute atomic E-state index is 8.89. The molecule has 0 unspecified atom stereocenters. The number of carboxylic acid groups (broad SMARTS) is 1. The molecule has 0 saturated heterocycles. The molecule has 126 valence electrons. The lowest BCUT2D eigenvalue weighted by atomic mass is 10.1. The number of carboxylic acids is 1. The van der Waals surface area contributed by atoms with E-state index >= 15 is 0 Å². The molecule has 1 heterocycles. The highest BCUT2D eigenvalue weighted by atomic mass is 16.4. The number of carbonyl (C=O) groups excluding carboxylic acids is 1. The summed E-state index contributed by atoms with van der Waals surface area (Å²) in [6.45, 7) is 6.68. The van der Waals surface area contributed by atoms with Crippen LogP contribution in [0, 0.1) is 0 Å². The van der Waals surface area contributed by atoms with Gasteiger partial charge in [0.1, 0.15) is 6.54 Å². The van der Waals surface area contributed by atoms with Crippen molar-refractivity contribution in [3.63, 3.8) is 0 Å². The molecule has 0 aliphatic heterocycles. The zero-order chi connectivity index (χ0) is 16.6. The van der Waals surface area contributed by atoms with Gasteiger partial charge in [-0.15, -0.1) is 0 Å². The van der Waals surface area contributed by atoms with Crippen molar-refractivity contribution in [2.24, 2.45) is 0 Å². The molecule has 1 rings (SSSR count). The van der Waals surface area contributed by atoms with Crippen molar-refractivity contribution >= 4 is 5.97 Å². The first-order valence-electron chi connectivity index (χ1n) is 8.75. The number of hydrogen-bond donors (Lipinski definition) is 0. The standard InChI is InChI=1S/C17H30N.C2H4O2/c1-3-5-7-8-9-10-14-18-15-12-17(13-16-18)11-6-4-2;1-2(3)4/h12-13,15-16H,3-11,14H2,1-2H3;1H3,(H,3,4)/q+1;/p-1. The Morgan fingerprint density at radius 1 is 0.955 bits per heavy atom. The normalized spacial score (nSPS) is 9.95. The van der Waals surface area contributed by atoms with Crippen LogP contribution in [-0.4, -0.2) is 5.97 Å². The number of aliphatic carboxylic acids is 1. The number of pyridine rings is 1. The van der Waals surface area contributed by atoms with Gasteiger partial charge in [0.15, 0.2) is 12.4 Å². The summed E-state index contributed by atoms with van der Waals surface area (Å²) in [6.07, 6.45) is 16.6. The minimum atomic E-state index is -1.08. The number of aryl methyl sites for hydroxylation is 2. The molecule has 0 fully saturated rings. The number of unbranched alkanes of at least 4 members (excludes halogenated alkanes) is 6. The lowest BCUT2D eigenvalue weighted by molar-refractivity contribution is -0.697. The van der Waals surface area contributed by atoms with Crippen molar-refractivity contribution in [1.29, 1.82) is 0 Å². The summed E-state index contributed by atoms with van der Waals surface area (Å²) in [5, 5.41) is 8.89. The van der Waals surface area contributed by atoms with E-state index in [1.165, 1.54) is 69.9 Å². The van der Waals surface area contributed by atoms with Crippen molar-refractivity contribution in [3.05, 3.63) is 30.1 Å². The SMILES string of the molecule is CC(=O)[O-].CCCCCCCC[n+]1ccc(CCCC)cc1. The summed E-state index contributed by atoms with van der Waals surface area (Å²) < 4.78 is 2.33. The van der Waals surface area contributed by atoms with Crippen LogP contribution in [0.25, 0.3) is 0 Å². The van der Waals surface area contributed by atoms with E-state index in [2.05, 4.69) is 42.9 Å². The molecule has 0 aromatic carbocycles. The quantitative estimate of drug-likeness (QED) is 0.491. The second-order valence-electron chi connectivity index (χ2n) is 5.81. The van der Waals surface area contributed by atoms with Gasteiger partial charge in [-0.25, -0.2) is 4.57 Å². The molecule has 0 aliphatic carbocycles. The van der Waals surface area contributed by atoms with Crippen LogP contribution in [0.5, 0.6) is 0 Å². The summed E-state index contributed by atoms with van der Waals surface area (Å²) in [5.41, 5.74) is 1.48. The van der Waals surface area contributed by atoms with E-state index in [0.29, 0.717) is 0 Å². The fourth-order valence-corrected chi connectivity index (χ4v) is 2.26. The highest BCUT2D eigenvalue weighted by Crippen LogP contribution is 2.05. The minimum Gasteiger partial charge on any atom is -0.550 e. The van der Waals surface area contributed by atoms with Crippen LogP contribution in [0.3, 0.4) is 0 Å². The topological polar surface area (TPSA) is 44.0 Å². The van der Waals surface area contributed by atoms with Gasteiger partial charge in [0.25, 0.3) is 0 Å². The predicted molar refractivity (Wildman–Crippen MR) is 89.3 cm³/mol. The van der Waals surface area contributed by atoms with E-state index in [0.717, 1.165) is 6.92 Å². The molecule has 0 spiro atoms. The van der Waals surface area contributed by atoms with Crippen molar-refractivity contribution in [2.45, 2.75) is 85.1 Å². The molecule has 0 saturated carbocycles. The summed E-state index contributed by atoms with van der Waals surface area (Å²) in [4.78, 5) is 8.89. The summed E-state index contributed by atoms with van der Waals surface area (Å²) in [6, 6.07) is 4.57. The Morgan fingerprint density at radius 2 is 1.45 bits per heavy atom. The molecule has 0 amide bonds. The highest BCUT2D eigenvalue weighted by molar-refractivity contribution is 5.60. The monoisotopic (exact) mass is 307 g/mol. The first-order chi connectivity index (χ1) is 10.6. The molecule has 22 heavy (non-hydrogen) atoms. The van der Waals surface area contributed by atoms with Gasteiger partial charge in [-0.05, 0) is 31.7 Å². The summed E-state index contributed by atoms with van der Waals surface area (Å²) in [7, 11) is 0. The molecule has 3 nitrogen and oxygen atoms in total. The molecule has 0 bridgehead atoms. The van der Waals surface area contributed by atoms with Gasteiger partial charge in [0.2, 0.25) is 0 Å². The molecule has 1 aromatic heterocycles. The van der Waals surface area contributed by atoms with Crippen LogP contribution in [0.2, 0.25) is 0 Å². The van der Waals surface area contributed by atoms with Gasteiger partial charge >= 0.3 is 0 Å². The van der Waals surface area contributed by atoms with E-state index in [-0.39, 0.29) is 0 Å². The van der Waals surface area contributed by atoms with Gasteiger partial charge in [-0.3, -0.25) is 0 Å².